The third kappa shape index (κ3) is 5.37. The molecule has 1 aromatic carbocycles. The second-order valence-corrected chi connectivity index (χ2v) is 13.7. The van der Waals surface area contributed by atoms with Crippen molar-refractivity contribution < 1.29 is 24.2 Å². The normalized spacial score (nSPS) is 29.4. The Hall–Kier alpha value is -2.58. The van der Waals surface area contributed by atoms with Gasteiger partial charge in [-0.25, -0.2) is 0 Å². The van der Waals surface area contributed by atoms with E-state index in [1.54, 1.807) is 27.6 Å². The van der Waals surface area contributed by atoms with E-state index < -0.39 is 33.4 Å². The number of ether oxygens (including phenoxy) is 1. The molecule has 1 spiro atoms. The largest absolute Gasteiger partial charge is 0.465 e. The van der Waals surface area contributed by atoms with Crippen LogP contribution < -0.4 is 0 Å². The first-order chi connectivity index (χ1) is 19.1. The number of carbonyl (C=O) groups is 3. The van der Waals surface area contributed by atoms with E-state index in [2.05, 4.69) is 13.2 Å². The zero-order chi connectivity index (χ0) is 29.1. The fraction of sp³-hybridized carbons (Fsp3) is 0.594. The number of nitrogens with zero attached hydrogens (tertiary/aromatic N) is 2. The van der Waals surface area contributed by atoms with Crippen LogP contribution in [0.25, 0.3) is 0 Å². The molecule has 218 valence electrons. The van der Waals surface area contributed by atoms with Gasteiger partial charge in [-0.2, -0.15) is 0 Å². The summed E-state index contributed by atoms with van der Waals surface area (Å²) in [6, 6.07) is 8.22. The maximum atomic E-state index is 14.5. The molecule has 2 unspecified atom stereocenters. The summed E-state index contributed by atoms with van der Waals surface area (Å²) in [4.78, 5) is 46.0. The summed E-state index contributed by atoms with van der Waals surface area (Å²) in [5.41, 5.74) is 0.973. The molecule has 0 aromatic heterocycles. The second kappa shape index (κ2) is 12.5. The standard InChI is InChI=1S/C32H44N2O5S/c1-6-8-9-13-19-39-30(38)26-25-28(36)34(24(21-35)20-23-14-11-10-12-15-23)27(29(37)33(18-7-2)22(3)4)32(25)17-16-31(26,5)40-32/h6-7,10-12,14-15,22,24-27,35H,1-2,8-9,13,16-21H2,3-5H3/t24-,25+,26-,27?,31+,32?/m1/s1. The van der Waals surface area contributed by atoms with E-state index in [0.717, 1.165) is 31.2 Å². The topological polar surface area (TPSA) is 87.1 Å². The Kier molecular flexibility index (Phi) is 9.51. The quantitative estimate of drug-likeness (QED) is 0.204. The number of allylic oxidation sites excluding steroid dienone is 1. The first-order valence-electron chi connectivity index (χ1n) is 14.5. The van der Waals surface area contributed by atoms with Gasteiger partial charge < -0.3 is 19.6 Å². The van der Waals surface area contributed by atoms with Gasteiger partial charge in [0.1, 0.15) is 6.04 Å². The van der Waals surface area contributed by atoms with Crippen molar-refractivity contribution in [2.75, 3.05) is 19.8 Å². The number of aliphatic hydroxyl groups is 1. The lowest BCUT2D eigenvalue weighted by Gasteiger charge is -2.40. The molecule has 8 heteroatoms. The lowest BCUT2D eigenvalue weighted by molar-refractivity contribution is -0.156. The monoisotopic (exact) mass is 568 g/mol. The first-order valence-corrected chi connectivity index (χ1v) is 15.3. The predicted octanol–water partition coefficient (Wildman–Crippen LogP) is 4.39. The number of fused-ring (bicyclic) bond motifs is 1. The molecule has 3 fully saturated rings. The average Bonchev–Trinajstić information content (AvgIpc) is 3.51. The summed E-state index contributed by atoms with van der Waals surface area (Å²) in [6.07, 6.45) is 7.83. The number of hydrogen-bond acceptors (Lipinski definition) is 6. The van der Waals surface area contributed by atoms with Gasteiger partial charge in [-0.15, -0.1) is 24.9 Å². The average molecular weight is 569 g/mol. The smallest absolute Gasteiger partial charge is 0.311 e. The first kappa shape index (κ1) is 30.4. The number of hydrogen-bond donors (Lipinski definition) is 1. The Morgan fingerprint density at radius 3 is 2.55 bits per heavy atom. The highest BCUT2D eigenvalue weighted by Gasteiger charge is 2.78. The number of likely N-dealkylation sites (tertiary alicyclic amines) is 1. The number of aliphatic hydroxyl groups excluding tert-OH is 1. The molecule has 3 heterocycles. The molecule has 40 heavy (non-hydrogen) atoms. The molecule has 2 bridgehead atoms. The molecule has 2 amide bonds. The van der Waals surface area contributed by atoms with Crippen molar-refractivity contribution in [3.63, 3.8) is 0 Å². The van der Waals surface area contributed by atoms with Gasteiger partial charge in [-0.1, -0.05) is 42.5 Å². The van der Waals surface area contributed by atoms with Crippen molar-refractivity contribution in [2.24, 2.45) is 11.8 Å². The Morgan fingerprint density at radius 2 is 1.93 bits per heavy atom. The lowest BCUT2D eigenvalue weighted by Crippen LogP contribution is -2.58. The Morgan fingerprint density at radius 1 is 1.20 bits per heavy atom. The Balaban J connectivity index is 1.73. The van der Waals surface area contributed by atoms with Crippen LogP contribution in [0.1, 0.15) is 58.4 Å². The summed E-state index contributed by atoms with van der Waals surface area (Å²) in [5, 5.41) is 10.6. The number of benzene rings is 1. The van der Waals surface area contributed by atoms with Crippen LogP contribution >= 0.6 is 11.8 Å². The van der Waals surface area contributed by atoms with E-state index in [-0.39, 0.29) is 30.4 Å². The minimum Gasteiger partial charge on any atom is -0.465 e. The molecule has 1 aromatic rings. The van der Waals surface area contributed by atoms with Crippen LogP contribution in [0.4, 0.5) is 0 Å². The molecule has 7 nitrogen and oxygen atoms in total. The van der Waals surface area contributed by atoms with Gasteiger partial charge in [0.2, 0.25) is 11.8 Å². The highest BCUT2D eigenvalue weighted by molar-refractivity contribution is 8.02. The van der Waals surface area contributed by atoms with Crippen LogP contribution in [0.2, 0.25) is 0 Å². The fourth-order valence-corrected chi connectivity index (χ4v) is 9.36. The van der Waals surface area contributed by atoms with Gasteiger partial charge in [0, 0.05) is 17.3 Å². The molecule has 0 radical (unpaired) electrons. The molecular formula is C32H44N2O5S. The number of unbranched alkanes of at least 4 members (excludes halogenated alkanes) is 2. The fourth-order valence-electron chi connectivity index (χ4n) is 7.04. The summed E-state index contributed by atoms with van der Waals surface area (Å²) in [6.45, 7) is 13.9. The van der Waals surface area contributed by atoms with Crippen molar-refractivity contribution in [2.45, 2.75) is 86.9 Å². The van der Waals surface area contributed by atoms with Gasteiger partial charge in [0.25, 0.3) is 0 Å². The minimum atomic E-state index is -0.787. The van der Waals surface area contributed by atoms with Crippen LogP contribution in [0.15, 0.2) is 55.6 Å². The maximum Gasteiger partial charge on any atom is 0.311 e. The van der Waals surface area contributed by atoms with Crippen LogP contribution in [-0.4, -0.2) is 80.1 Å². The van der Waals surface area contributed by atoms with Gasteiger partial charge in [0.05, 0.1) is 35.8 Å². The zero-order valence-corrected chi connectivity index (χ0v) is 24.9. The molecule has 1 N–H and O–H groups in total. The van der Waals surface area contributed by atoms with E-state index in [1.165, 1.54) is 0 Å². The molecule has 0 aliphatic carbocycles. The Labute approximate surface area is 243 Å². The lowest BCUT2D eigenvalue weighted by atomic mass is 9.66. The molecular weight excluding hydrogens is 524 g/mol. The third-order valence-corrected chi connectivity index (χ3v) is 10.9. The van der Waals surface area contributed by atoms with Gasteiger partial charge in [-0.3, -0.25) is 14.4 Å². The van der Waals surface area contributed by atoms with Gasteiger partial charge in [0.15, 0.2) is 0 Å². The van der Waals surface area contributed by atoms with Crippen molar-refractivity contribution in [1.29, 1.82) is 0 Å². The van der Waals surface area contributed by atoms with Gasteiger partial charge >= 0.3 is 5.97 Å². The number of rotatable bonds is 14. The van der Waals surface area contributed by atoms with Crippen LogP contribution in [0, 0.1) is 11.8 Å². The van der Waals surface area contributed by atoms with Crippen LogP contribution in [-0.2, 0) is 25.5 Å². The zero-order valence-electron chi connectivity index (χ0n) is 24.1. The van der Waals surface area contributed by atoms with E-state index in [9.17, 15) is 19.5 Å². The summed E-state index contributed by atoms with van der Waals surface area (Å²) in [5.74, 6) is -2.03. The van der Waals surface area contributed by atoms with Gasteiger partial charge in [-0.05, 0) is 64.9 Å². The maximum absolute atomic E-state index is 14.5. The summed E-state index contributed by atoms with van der Waals surface area (Å²) in [7, 11) is 0. The van der Waals surface area contributed by atoms with E-state index in [4.69, 9.17) is 4.74 Å². The van der Waals surface area contributed by atoms with E-state index in [0.29, 0.717) is 26.0 Å². The molecule has 3 aliphatic heterocycles. The van der Waals surface area contributed by atoms with Crippen molar-refractivity contribution in [1.82, 2.24) is 9.80 Å². The van der Waals surface area contributed by atoms with Crippen LogP contribution in [0.3, 0.4) is 0 Å². The number of thioether (sulfide) groups is 1. The highest BCUT2D eigenvalue weighted by Crippen LogP contribution is 2.71. The molecule has 0 saturated carbocycles. The third-order valence-electron chi connectivity index (χ3n) is 8.90. The molecule has 3 aliphatic rings. The number of carbonyl (C=O) groups excluding carboxylic acids is 3. The van der Waals surface area contributed by atoms with E-state index in [1.807, 2.05) is 57.2 Å². The van der Waals surface area contributed by atoms with Crippen molar-refractivity contribution >= 4 is 29.5 Å². The van der Waals surface area contributed by atoms with E-state index >= 15 is 0 Å². The molecule has 3 saturated heterocycles. The molecule has 6 atom stereocenters. The predicted molar refractivity (Wildman–Crippen MR) is 159 cm³/mol. The Bertz CT molecular complexity index is 1110. The number of amides is 2. The minimum absolute atomic E-state index is 0.102. The van der Waals surface area contributed by atoms with Crippen molar-refractivity contribution in [3.8, 4) is 0 Å². The second-order valence-electron chi connectivity index (χ2n) is 11.8. The summed E-state index contributed by atoms with van der Waals surface area (Å²) < 4.78 is 4.52. The SMILES string of the molecule is C=CCCCCOC(=O)[C@H]1[C@H]2C(=O)N([C@@H](CO)Cc3ccccc3)C(C(=O)N(CC=C)C(C)C)C23CC[C@]1(C)S3. The highest BCUT2D eigenvalue weighted by atomic mass is 32.2. The number of esters is 1. The molecule has 4 rings (SSSR count). The summed E-state index contributed by atoms with van der Waals surface area (Å²) >= 11 is 1.63. The van der Waals surface area contributed by atoms with Crippen LogP contribution in [0.5, 0.6) is 0 Å². The van der Waals surface area contributed by atoms with Crippen molar-refractivity contribution in [3.05, 3.63) is 61.2 Å².